The molecule has 4 N–H and O–H groups in total. The molecule has 0 bridgehead atoms. The molecule has 0 radical (unpaired) electrons. The highest BCUT2D eigenvalue weighted by Gasteiger charge is 2.13. The minimum absolute atomic E-state index is 0.183. The van der Waals surface area contributed by atoms with Crippen LogP contribution in [0.15, 0.2) is 16.6 Å². The van der Waals surface area contributed by atoms with Crippen LogP contribution in [0.25, 0.3) is 0 Å². The van der Waals surface area contributed by atoms with Crippen LogP contribution in [0.1, 0.15) is 13.8 Å². The van der Waals surface area contributed by atoms with Gasteiger partial charge >= 0.3 is 0 Å². The first-order valence-corrected chi connectivity index (χ1v) is 5.03. The monoisotopic (exact) mass is 196 g/mol. The number of nitrogens with two attached hydrogens (primary N) is 2. The summed E-state index contributed by atoms with van der Waals surface area (Å²) >= 11 is 0. The van der Waals surface area contributed by atoms with Gasteiger partial charge in [0.15, 0.2) is 5.96 Å². The van der Waals surface area contributed by atoms with Crippen molar-refractivity contribution in [2.24, 2.45) is 22.4 Å². The van der Waals surface area contributed by atoms with E-state index in [4.69, 9.17) is 11.5 Å². The van der Waals surface area contributed by atoms with Gasteiger partial charge in [-0.1, -0.05) is 18.6 Å². The van der Waals surface area contributed by atoms with Gasteiger partial charge in [-0.05, 0) is 12.8 Å². The van der Waals surface area contributed by atoms with Crippen LogP contribution in [0.2, 0.25) is 0 Å². The van der Waals surface area contributed by atoms with Gasteiger partial charge in [0.25, 0.3) is 0 Å². The summed E-state index contributed by atoms with van der Waals surface area (Å²) in [4.78, 5) is 6.36. The van der Waals surface area contributed by atoms with Crippen LogP contribution >= 0.6 is 0 Å². The number of hydrogen-bond acceptors (Lipinski definition) is 2. The molecule has 1 heterocycles. The van der Waals surface area contributed by atoms with Gasteiger partial charge < -0.3 is 11.5 Å². The largest absolute Gasteiger partial charge is 0.370 e. The second-order valence-corrected chi connectivity index (χ2v) is 4.03. The van der Waals surface area contributed by atoms with Crippen LogP contribution in [0.3, 0.4) is 0 Å². The van der Waals surface area contributed by atoms with E-state index in [-0.39, 0.29) is 5.96 Å². The maximum absolute atomic E-state index is 5.26. The first-order valence-electron chi connectivity index (χ1n) is 5.03. The number of guanidine groups is 1. The zero-order valence-corrected chi connectivity index (χ0v) is 9.03. The molecule has 0 aromatic heterocycles. The molecule has 0 aliphatic carbocycles. The van der Waals surface area contributed by atoms with Crippen molar-refractivity contribution in [2.45, 2.75) is 13.8 Å². The Labute approximate surface area is 85.7 Å². The lowest BCUT2D eigenvalue weighted by atomic mass is 10.0. The Morgan fingerprint density at radius 2 is 2.36 bits per heavy atom. The van der Waals surface area contributed by atoms with Crippen molar-refractivity contribution < 1.29 is 0 Å². The first-order chi connectivity index (χ1) is 6.58. The second kappa shape index (κ2) is 5.00. The predicted molar refractivity (Wildman–Crippen MR) is 60.0 cm³/mol. The van der Waals surface area contributed by atoms with E-state index in [0.717, 1.165) is 19.6 Å². The molecule has 80 valence electrons. The van der Waals surface area contributed by atoms with Crippen LogP contribution in [0.5, 0.6) is 0 Å². The highest BCUT2D eigenvalue weighted by atomic mass is 15.1. The zero-order chi connectivity index (χ0) is 10.6. The molecule has 1 atom stereocenters. The SMILES string of the molecule is CC1=CC(C)CN(CCN=C(N)N)C1. The minimum Gasteiger partial charge on any atom is -0.370 e. The Balaban J connectivity index is 2.33. The van der Waals surface area contributed by atoms with E-state index < -0.39 is 0 Å². The van der Waals surface area contributed by atoms with Crippen LogP contribution in [0, 0.1) is 5.92 Å². The smallest absolute Gasteiger partial charge is 0.185 e. The molecule has 0 saturated heterocycles. The van der Waals surface area contributed by atoms with Crippen LogP contribution < -0.4 is 11.5 Å². The topological polar surface area (TPSA) is 67.6 Å². The lowest BCUT2D eigenvalue weighted by molar-refractivity contribution is 0.265. The van der Waals surface area contributed by atoms with E-state index in [1.54, 1.807) is 0 Å². The molecule has 0 saturated carbocycles. The normalized spacial score (nSPS) is 23.0. The zero-order valence-electron chi connectivity index (χ0n) is 9.03. The van der Waals surface area contributed by atoms with Crippen molar-refractivity contribution >= 4 is 5.96 Å². The second-order valence-electron chi connectivity index (χ2n) is 4.03. The van der Waals surface area contributed by atoms with E-state index in [1.807, 2.05) is 0 Å². The van der Waals surface area contributed by atoms with Crippen LogP contribution in [-0.4, -0.2) is 37.0 Å². The van der Waals surface area contributed by atoms with Gasteiger partial charge in [-0.2, -0.15) is 0 Å². The molecule has 4 nitrogen and oxygen atoms in total. The number of rotatable bonds is 3. The van der Waals surface area contributed by atoms with Crippen molar-refractivity contribution in [3.05, 3.63) is 11.6 Å². The van der Waals surface area contributed by atoms with E-state index in [2.05, 4.69) is 29.8 Å². The maximum atomic E-state index is 5.26. The van der Waals surface area contributed by atoms with Gasteiger partial charge in [0.05, 0.1) is 6.54 Å². The standard InChI is InChI=1S/C10H20N4/c1-8-5-9(2)7-14(6-8)4-3-13-10(11)12/h5,8H,3-4,6-7H2,1-2H3,(H4,11,12,13). The van der Waals surface area contributed by atoms with Crippen molar-refractivity contribution in [3.63, 3.8) is 0 Å². The van der Waals surface area contributed by atoms with Gasteiger partial charge in [0, 0.05) is 19.6 Å². The van der Waals surface area contributed by atoms with E-state index in [9.17, 15) is 0 Å². The van der Waals surface area contributed by atoms with Gasteiger partial charge in [0.1, 0.15) is 0 Å². The predicted octanol–water partition coefficient (Wildman–Crippen LogP) is 0.158. The molecule has 1 aliphatic rings. The average Bonchev–Trinajstić information content (AvgIpc) is 2.01. The fraction of sp³-hybridized carbons (Fsp3) is 0.700. The number of hydrogen-bond donors (Lipinski definition) is 2. The molecule has 4 heteroatoms. The van der Waals surface area contributed by atoms with Gasteiger partial charge in [0.2, 0.25) is 0 Å². The van der Waals surface area contributed by atoms with E-state index in [0.29, 0.717) is 12.5 Å². The third-order valence-corrected chi connectivity index (χ3v) is 2.30. The van der Waals surface area contributed by atoms with Crippen molar-refractivity contribution in [1.29, 1.82) is 0 Å². The van der Waals surface area contributed by atoms with Crippen molar-refractivity contribution in [1.82, 2.24) is 4.90 Å². The molecule has 1 rings (SSSR count). The summed E-state index contributed by atoms with van der Waals surface area (Å²) in [6.07, 6.45) is 2.33. The highest BCUT2D eigenvalue weighted by Crippen LogP contribution is 2.13. The fourth-order valence-corrected chi connectivity index (χ4v) is 1.91. The maximum Gasteiger partial charge on any atom is 0.185 e. The van der Waals surface area contributed by atoms with Gasteiger partial charge in [-0.3, -0.25) is 9.89 Å². The van der Waals surface area contributed by atoms with Crippen molar-refractivity contribution in [2.75, 3.05) is 26.2 Å². The summed E-state index contributed by atoms with van der Waals surface area (Å²) in [5, 5.41) is 0. The van der Waals surface area contributed by atoms with Crippen molar-refractivity contribution in [3.8, 4) is 0 Å². The van der Waals surface area contributed by atoms with Crippen LogP contribution in [0.4, 0.5) is 0 Å². The Bertz CT molecular complexity index is 241. The minimum atomic E-state index is 0.183. The lowest BCUT2D eigenvalue weighted by Crippen LogP contribution is -2.35. The molecule has 1 unspecified atom stereocenters. The third-order valence-electron chi connectivity index (χ3n) is 2.30. The highest BCUT2D eigenvalue weighted by molar-refractivity contribution is 5.75. The Morgan fingerprint density at radius 1 is 1.64 bits per heavy atom. The summed E-state index contributed by atoms with van der Waals surface area (Å²) in [5.41, 5.74) is 12.0. The molecule has 14 heavy (non-hydrogen) atoms. The first kappa shape index (κ1) is 11.0. The molecule has 0 aromatic rings. The molecular formula is C10H20N4. The van der Waals surface area contributed by atoms with E-state index in [1.165, 1.54) is 5.57 Å². The molecule has 0 spiro atoms. The fourth-order valence-electron chi connectivity index (χ4n) is 1.91. The Morgan fingerprint density at radius 3 is 2.93 bits per heavy atom. The van der Waals surface area contributed by atoms with Gasteiger partial charge in [-0.15, -0.1) is 0 Å². The molecule has 0 fully saturated rings. The summed E-state index contributed by atoms with van der Waals surface area (Å²) < 4.78 is 0. The quantitative estimate of drug-likeness (QED) is 0.384. The Kier molecular flexibility index (Phi) is 3.95. The molecule has 1 aliphatic heterocycles. The summed E-state index contributed by atoms with van der Waals surface area (Å²) in [5.74, 6) is 0.824. The van der Waals surface area contributed by atoms with Gasteiger partial charge in [-0.25, -0.2) is 0 Å². The summed E-state index contributed by atoms with van der Waals surface area (Å²) in [7, 11) is 0. The Hall–Kier alpha value is -1.03. The molecular weight excluding hydrogens is 176 g/mol. The average molecular weight is 196 g/mol. The number of aliphatic imine (C=N–C) groups is 1. The third kappa shape index (κ3) is 3.79. The molecule has 0 aromatic carbocycles. The summed E-state index contributed by atoms with van der Waals surface area (Å²) in [6.45, 7) is 8.19. The molecule has 0 amide bonds. The summed E-state index contributed by atoms with van der Waals surface area (Å²) in [6, 6.07) is 0. The number of nitrogens with zero attached hydrogens (tertiary/aromatic N) is 2. The van der Waals surface area contributed by atoms with Crippen LogP contribution in [-0.2, 0) is 0 Å². The van der Waals surface area contributed by atoms with E-state index >= 15 is 0 Å². The lowest BCUT2D eigenvalue weighted by Gasteiger charge is -2.28.